The smallest absolute Gasteiger partial charge is 0.232 e. The van der Waals surface area contributed by atoms with Crippen molar-refractivity contribution < 1.29 is 24.5 Å². The summed E-state index contributed by atoms with van der Waals surface area (Å²) in [6, 6.07) is 13.9. The van der Waals surface area contributed by atoms with Crippen LogP contribution in [0, 0.1) is 0 Å². The average molecular weight is 357 g/mol. The average Bonchev–Trinajstić information content (AvgIpc) is 3.15. The van der Waals surface area contributed by atoms with E-state index in [4.69, 9.17) is 9.47 Å². The Morgan fingerprint density at radius 3 is 2.50 bits per heavy atom. The zero-order valence-electron chi connectivity index (χ0n) is 14.8. The molecule has 0 fully saturated rings. The molecule has 0 spiro atoms. The standard InChI is InChI=1S/C20H23NO5/c1-13(19(23)14-6-4-3-5-7-14)21(2)20(24)16(11-22)15-8-9-17-18(10-15)26-12-25-17/h3-10,13,16,19,22-23H,11-12H2,1-2H3/t13-,16+,19+/m0/s1. The molecule has 0 unspecified atom stereocenters. The summed E-state index contributed by atoms with van der Waals surface area (Å²) in [7, 11) is 1.63. The summed E-state index contributed by atoms with van der Waals surface area (Å²) in [5, 5.41) is 20.4. The molecule has 3 rings (SSSR count). The molecule has 1 heterocycles. The fraction of sp³-hybridized carbons (Fsp3) is 0.350. The van der Waals surface area contributed by atoms with Crippen molar-refractivity contribution in [2.24, 2.45) is 0 Å². The molecular weight excluding hydrogens is 334 g/mol. The van der Waals surface area contributed by atoms with Crippen LogP contribution in [-0.2, 0) is 4.79 Å². The number of ether oxygens (including phenoxy) is 2. The van der Waals surface area contributed by atoms with E-state index in [9.17, 15) is 15.0 Å². The zero-order chi connectivity index (χ0) is 18.7. The molecule has 138 valence electrons. The SMILES string of the molecule is C[C@@H]([C@@H](O)c1ccccc1)N(C)C(=O)[C@H](CO)c1ccc2c(c1)OCO2. The topological polar surface area (TPSA) is 79.2 Å². The number of carbonyl (C=O) groups is 1. The van der Waals surface area contributed by atoms with Gasteiger partial charge in [0.1, 0.15) is 0 Å². The highest BCUT2D eigenvalue weighted by Crippen LogP contribution is 2.35. The third-order valence-electron chi connectivity index (χ3n) is 4.84. The highest BCUT2D eigenvalue weighted by molar-refractivity contribution is 5.84. The number of carbonyl (C=O) groups excluding carboxylic acids is 1. The number of aliphatic hydroxyl groups excluding tert-OH is 2. The Hall–Kier alpha value is -2.57. The predicted octanol–water partition coefficient (Wildman–Crippen LogP) is 2.07. The van der Waals surface area contributed by atoms with Crippen LogP contribution in [0.15, 0.2) is 48.5 Å². The van der Waals surface area contributed by atoms with Crippen LogP contribution in [0.25, 0.3) is 0 Å². The Labute approximate surface area is 152 Å². The zero-order valence-corrected chi connectivity index (χ0v) is 14.8. The first kappa shape index (κ1) is 18.2. The van der Waals surface area contributed by atoms with Crippen LogP contribution in [0.2, 0.25) is 0 Å². The molecule has 6 heteroatoms. The molecule has 1 aliphatic rings. The molecule has 2 aromatic rings. The molecule has 0 bridgehead atoms. The quantitative estimate of drug-likeness (QED) is 0.827. The van der Waals surface area contributed by atoms with Gasteiger partial charge in [-0.15, -0.1) is 0 Å². The number of benzene rings is 2. The van der Waals surface area contributed by atoms with E-state index in [1.54, 1.807) is 32.2 Å². The van der Waals surface area contributed by atoms with E-state index in [2.05, 4.69) is 0 Å². The van der Waals surface area contributed by atoms with Gasteiger partial charge in [-0.2, -0.15) is 0 Å². The van der Waals surface area contributed by atoms with Crippen molar-refractivity contribution in [3.8, 4) is 11.5 Å². The fourth-order valence-corrected chi connectivity index (χ4v) is 3.04. The summed E-state index contributed by atoms with van der Waals surface area (Å²) >= 11 is 0. The van der Waals surface area contributed by atoms with Gasteiger partial charge in [-0.25, -0.2) is 0 Å². The molecule has 0 saturated heterocycles. The van der Waals surface area contributed by atoms with Gasteiger partial charge in [-0.3, -0.25) is 4.79 Å². The van der Waals surface area contributed by atoms with E-state index in [0.29, 0.717) is 17.1 Å². The number of hydrogen-bond acceptors (Lipinski definition) is 5. The summed E-state index contributed by atoms with van der Waals surface area (Å²) in [6.45, 7) is 1.59. The molecule has 1 aliphatic heterocycles. The lowest BCUT2D eigenvalue weighted by Crippen LogP contribution is -2.42. The van der Waals surface area contributed by atoms with Crippen LogP contribution >= 0.6 is 0 Å². The van der Waals surface area contributed by atoms with Gasteiger partial charge in [0.2, 0.25) is 12.7 Å². The van der Waals surface area contributed by atoms with Crippen molar-refractivity contribution in [3.05, 3.63) is 59.7 Å². The highest BCUT2D eigenvalue weighted by atomic mass is 16.7. The van der Waals surface area contributed by atoms with Crippen LogP contribution in [0.5, 0.6) is 11.5 Å². The number of amides is 1. The van der Waals surface area contributed by atoms with Crippen molar-refractivity contribution >= 4 is 5.91 Å². The van der Waals surface area contributed by atoms with Crippen LogP contribution in [0.1, 0.15) is 30.1 Å². The number of aliphatic hydroxyl groups is 2. The van der Waals surface area contributed by atoms with Gasteiger partial charge in [0.05, 0.1) is 24.7 Å². The Morgan fingerprint density at radius 2 is 1.81 bits per heavy atom. The number of hydrogen-bond donors (Lipinski definition) is 2. The number of rotatable bonds is 6. The van der Waals surface area contributed by atoms with Gasteiger partial charge in [0, 0.05) is 7.05 Å². The molecule has 3 atom stereocenters. The molecule has 2 aromatic carbocycles. The van der Waals surface area contributed by atoms with Crippen LogP contribution in [0.4, 0.5) is 0 Å². The maximum atomic E-state index is 12.9. The van der Waals surface area contributed by atoms with Crippen LogP contribution in [-0.4, -0.2) is 47.5 Å². The van der Waals surface area contributed by atoms with Crippen LogP contribution < -0.4 is 9.47 Å². The first-order chi connectivity index (χ1) is 12.5. The van der Waals surface area contributed by atoms with Crippen LogP contribution in [0.3, 0.4) is 0 Å². The molecule has 0 aliphatic carbocycles. The fourth-order valence-electron chi connectivity index (χ4n) is 3.04. The second-order valence-corrected chi connectivity index (χ2v) is 6.39. The Morgan fingerprint density at radius 1 is 1.12 bits per heavy atom. The van der Waals surface area contributed by atoms with Crippen molar-refractivity contribution in [2.75, 3.05) is 20.4 Å². The van der Waals surface area contributed by atoms with E-state index in [1.807, 2.05) is 30.3 Å². The lowest BCUT2D eigenvalue weighted by atomic mass is 9.96. The molecule has 6 nitrogen and oxygen atoms in total. The summed E-state index contributed by atoms with van der Waals surface area (Å²) in [5.74, 6) is 0.182. The third kappa shape index (κ3) is 3.52. The summed E-state index contributed by atoms with van der Waals surface area (Å²) in [6.07, 6.45) is -0.818. The van der Waals surface area contributed by atoms with Crippen molar-refractivity contribution in [1.29, 1.82) is 0 Å². The summed E-state index contributed by atoms with van der Waals surface area (Å²) in [5.41, 5.74) is 1.39. The molecule has 0 radical (unpaired) electrons. The normalized spacial score (nSPS) is 16.0. The van der Waals surface area contributed by atoms with Gasteiger partial charge < -0.3 is 24.6 Å². The largest absolute Gasteiger partial charge is 0.454 e. The monoisotopic (exact) mass is 357 g/mol. The van der Waals surface area contributed by atoms with Gasteiger partial charge in [0.25, 0.3) is 0 Å². The molecule has 0 aromatic heterocycles. The van der Waals surface area contributed by atoms with E-state index < -0.39 is 18.1 Å². The Kier molecular flexibility index (Phi) is 5.44. The van der Waals surface area contributed by atoms with Crippen molar-refractivity contribution in [1.82, 2.24) is 4.90 Å². The van der Waals surface area contributed by atoms with Crippen molar-refractivity contribution in [2.45, 2.75) is 25.0 Å². The molecule has 26 heavy (non-hydrogen) atoms. The molecule has 0 saturated carbocycles. The summed E-state index contributed by atoms with van der Waals surface area (Å²) in [4.78, 5) is 14.4. The first-order valence-corrected chi connectivity index (χ1v) is 8.53. The van der Waals surface area contributed by atoms with Crippen molar-refractivity contribution in [3.63, 3.8) is 0 Å². The maximum absolute atomic E-state index is 12.9. The summed E-state index contributed by atoms with van der Waals surface area (Å²) < 4.78 is 10.6. The number of nitrogens with zero attached hydrogens (tertiary/aromatic N) is 1. The lowest BCUT2D eigenvalue weighted by molar-refractivity contribution is -0.136. The lowest BCUT2D eigenvalue weighted by Gasteiger charge is -2.32. The van der Waals surface area contributed by atoms with Gasteiger partial charge in [0.15, 0.2) is 11.5 Å². The number of fused-ring (bicyclic) bond motifs is 1. The minimum absolute atomic E-state index is 0.150. The predicted molar refractivity (Wildman–Crippen MR) is 96.0 cm³/mol. The highest BCUT2D eigenvalue weighted by Gasteiger charge is 2.30. The van der Waals surface area contributed by atoms with Gasteiger partial charge in [-0.1, -0.05) is 36.4 Å². The third-order valence-corrected chi connectivity index (χ3v) is 4.84. The minimum Gasteiger partial charge on any atom is -0.454 e. The molecule has 2 N–H and O–H groups in total. The molecular formula is C20H23NO5. The molecule has 1 amide bonds. The van der Waals surface area contributed by atoms with E-state index in [0.717, 1.165) is 5.56 Å². The van der Waals surface area contributed by atoms with E-state index in [-0.39, 0.29) is 19.3 Å². The van der Waals surface area contributed by atoms with E-state index in [1.165, 1.54) is 4.90 Å². The second-order valence-electron chi connectivity index (χ2n) is 6.39. The Bertz CT molecular complexity index is 764. The second kappa shape index (κ2) is 7.76. The van der Waals surface area contributed by atoms with Gasteiger partial charge in [-0.05, 0) is 30.2 Å². The number of likely N-dealkylation sites (N-methyl/N-ethyl adjacent to an activating group) is 1. The Balaban J connectivity index is 1.77. The van der Waals surface area contributed by atoms with Gasteiger partial charge >= 0.3 is 0 Å². The van der Waals surface area contributed by atoms with E-state index >= 15 is 0 Å². The minimum atomic E-state index is -0.818. The first-order valence-electron chi connectivity index (χ1n) is 8.53. The maximum Gasteiger partial charge on any atom is 0.232 e.